The SMILES string of the molecule is CC(=NC(C)C)N(C[Si](C)(C)C)C(C)C. The van der Waals surface area contributed by atoms with Crippen molar-refractivity contribution in [1.29, 1.82) is 0 Å². The van der Waals surface area contributed by atoms with Gasteiger partial charge in [0.15, 0.2) is 0 Å². The second kappa shape index (κ2) is 5.68. The molecule has 2 nitrogen and oxygen atoms in total. The Morgan fingerprint density at radius 2 is 1.60 bits per heavy atom. The van der Waals surface area contributed by atoms with Gasteiger partial charge in [-0.3, -0.25) is 4.99 Å². The van der Waals surface area contributed by atoms with Crippen LogP contribution in [0.1, 0.15) is 34.6 Å². The van der Waals surface area contributed by atoms with Crippen LogP contribution in [0.3, 0.4) is 0 Å². The molecule has 90 valence electrons. The Morgan fingerprint density at radius 1 is 1.13 bits per heavy atom. The zero-order valence-electron chi connectivity index (χ0n) is 11.8. The molecule has 0 aliphatic rings. The van der Waals surface area contributed by atoms with Gasteiger partial charge in [-0.2, -0.15) is 0 Å². The summed E-state index contributed by atoms with van der Waals surface area (Å²) in [6.45, 7) is 18.1. The molecule has 0 heterocycles. The predicted molar refractivity (Wildman–Crippen MR) is 73.4 cm³/mol. The van der Waals surface area contributed by atoms with E-state index in [1.807, 2.05) is 0 Å². The lowest BCUT2D eigenvalue weighted by molar-refractivity contribution is 0.388. The molecule has 0 fully saturated rings. The Bertz CT molecular complexity index is 214. The highest BCUT2D eigenvalue weighted by Crippen LogP contribution is 2.09. The number of amidine groups is 1. The van der Waals surface area contributed by atoms with Gasteiger partial charge in [0.1, 0.15) is 0 Å². The summed E-state index contributed by atoms with van der Waals surface area (Å²) in [5, 5.41) is 0. The Kier molecular flexibility index (Phi) is 5.57. The van der Waals surface area contributed by atoms with Crippen LogP contribution in [0.4, 0.5) is 0 Å². The normalized spacial score (nSPS) is 13.9. The number of hydrogen-bond donors (Lipinski definition) is 0. The molecule has 0 saturated carbocycles. The fourth-order valence-corrected chi connectivity index (χ4v) is 3.25. The van der Waals surface area contributed by atoms with Crippen molar-refractivity contribution >= 4 is 13.9 Å². The molecule has 0 bridgehead atoms. The highest BCUT2D eigenvalue weighted by molar-refractivity contribution is 6.76. The van der Waals surface area contributed by atoms with Gasteiger partial charge in [0.05, 0.1) is 13.9 Å². The molecule has 0 atom stereocenters. The van der Waals surface area contributed by atoms with Gasteiger partial charge in [-0.25, -0.2) is 0 Å². The van der Waals surface area contributed by atoms with Crippen molar-refractivity contribution in [2.24, 2.45) is 4.99 Å². The molecular weight excluding hydrogens is 200 g/mol. The molecule has 0 rings (SSSR count). The topological polar surface area (TPSA) is 15.6 Å². The molecule has 0 aliphatic carbocycles. The summed E-state index contributed by atoms with van der Waals surface area (Å²) in [5.74, 6) is 1.20. The number of rotatable bonds is 4. The van der Waals surface area contributed by atoms with E-state index in [2.05, 4.69) is 64.2 Å². The average Bonchev–Trinajstić information content (AvgIpc) is 1.96. The first-order valence-electron chi connectivity index (χ1n) is 5.94. The average molecular weight is 228 g/mol. The second-order valence-electron chi connectivity index (χ2n) is 6.05. The van der Waals surface area contributed by atoms with Crippen LogP contribution in [0, 0.1) is 0 Å². The third-order valence-corrected chi connectivity index (χ3v) is 3.42. The van der Waals surface area contributed by atoms with Crippen LogP contribution in [0.15, 0.2) is 4.99 Å². The fourth-order valence-electron chi connectivity index (χ4n) is 1.63. The minimum Gasteiger partial charge on any atom is -0.361 e. The summed E-state index contributed by atoms with van der Waals surface area (Å²) in [5.41, 5.74) is 0. The number of hydrogen-bond acceptors (Lipinski definition) is 1. The standard InChI is InChI=1S/C12H28N2Si/c1-10(2)13-12(5)14(11(3)4)9-15(6,7)8/h10-11H,9H2,1-8H3. The summed E-state index contributed by atoms with van der Waals surface area (Å²) < 4.78 is 0. The molecule has 0 spiro atoms. The van der Waals surface area contributed by atoms with Gasteiger partial charge in [0, 0.05) is 18.3 Å². The zero-order valence-corrected chi connectivity index (χ0v) is 12.8. The van der Waals surface area contributed by atoms with E-state index in [-0.39, 0.29) is 0 Å². The van der Waals surface area contributed by atoms with Crippen LogP contribution >= 0.6 is 0 Å². The van der Waals surface area contributed by atoms with Crippen molar-refractivity contribution in [3.05, 3.63) is 0 Å². The molecule has 0 amide bonds. The first kappa shape index (κ1) is 14.7. The predicted octanol–water partition coefficient (Wildman–Crippen LogP) is 3.40. The molecule has 3 heteroatoms. The molecular formula is C12H28N2Si. The molecule has 0 N–H and O–H groups in total. The maximum absolute atomic E-state index is 4.65. The Morgan fingerprint density at radius 3 is 1.87 bits per heavy atom. The van der Waals surface area contributed by atoms with E-state index in [1.165, 1.54) is 12.0 Å². The molecule has 0 radical (unpaired) electrons. The Hall–Kier alpha value is -0.313. The van der Waals surface area contributed by atoms with Gasteiger partial charge in [0.25, 0.3) is 0 Å². The van der Waals surface area contributed by atoms with Crippen molar-refractivity contribution in [1.82, 2.24) is 4.90 Å². The lowest BCUT2D eigenvalue weighted by Gasteiger charge is -2.34. The number of nitrogens with zero attached hydrogens (tertiary/aromatic N) is 2. The molecule has 0 unspecified atom stereocenters. The molecule has 15 heavy (non-hydrogen) atoms. The van der Waals surface area contributed by atoms with Crippen LogP contribution in [0.25, 0.3) is 0 Å². The van der Waals surface area contributed by atoms with Gasteiger partial charge >= 0.3 is 0 Å². The van der Waals surface area contributed by atoms with Crippen LogP contribution < -0.4 is 0 Å². The van der Waals surface area contributed by atoms with Crippen LogP contribution in [-0.4, -0.2) is 37.1 Å². The second-order valence-corrected chi connectivity index (χ2v) is 11.5. The lowest BCUT2D eigenvalue weighted by Crippen LogP contribution is -2.46. The minimum atomic E-state index is -1.05. The Balaban J connectivity index is 4.68. The maximum atomic E-state index is 4.65. The van der Waals surface area contributed by atoms with E-state index < -0.39 is 8.07 Å². The first-order chi connectivity index (χ1) is 6.63. The van der Waals surface area contributed by atoms with Gasteiger partial charge in [-0.15, -0.1) is 0 Å². The van der Waals surface area contributed by atoms with E-state index in [0.29, 0.717) is 12.1 Å². The zero-order chi connectivity index (χ0) is 12.2. The summed E-state index contributed by atoms with van der Waals surface area (Å²) >= 11 is 0. The van der Waals surface area contributed by atoms with Crippen LogP contribution in [-0.2, 0) is 0 Å². The van der Waals surface area contributed by atoms with E-state index in [1.54, 1.807) is 0 Å². The monoisotopic (exact) mass is 228 g/mol. The van der Waals surface area contributed by atoms with E-state index in [9.17, 15) is 0 Å². The van der Waals surface area contributed by atoms with Gasteiger partial charge in [0.2, 0.25) is 0 Å². The van der Waals surface area contributed by atoms with Gasteiger partial charge in [-0.1, -0.05) is 19.6 Å². The molecule has 0 aliphatic heterocycles. The third-order valence-electron chi connectivity index (χ3n) is 2.13. The molecule has 0 aromatic heterocycles. The van der Waals surface area contributed by atoms with Crippen molar-refractivity contribution in [3.8, 4) is 0 Å². The lowest BCUT2D eigenvalue weighted by atomic mass is 10.3. The summed E-state index contributed by atoms with van der Waals surface area (Å²) in [6, 6.07) is 0.951. The van der Waals surface area contributed by atoms with Crippen LogP contribution in [0.5, 0.6) is 0 Å². The summed E-state index contributed by atoms with van der Waals surface area (Å²) in [7, 11) is -1.05. The molecule has 0 saturated heterocycles. The van der Waals surface area contributed by atoms with E-state index in [4.69, 9.17) is 0 Å². The Labute approximate surface area is 96.8 Å². The van der Waals surface area contributed by atoms with Crippen molar-refractivity contribution in [2.75, 3.05) is 6.17 Å². The maximum Gasteiger partial charge on any atom is 0.0960 e. The largest absolute Gasteiger partial charge is 0.361 e. The van der Waals surface area contributed by atoms with E-state index >= 15 is 0 Å². The van der Waals surface area contributed by atoms with Gasteiger partial charge in [-0.05, 0) is 34.6 Å². The van der Waals surface area contributed by atoms with Crippen molar-refractivity contribution < 1.29 is 0 Å². The fraction of sp³-hybridized carbons (Fsp3) is 0.917. The van der Waals surface area contributed by atoms with Gasteiger partial charge < -0.3 is 4.90 Å². The van der Waals surface area contributed by atoms with Crippen molar-refractivity contribution in [3.63, 3.8) is 0 Å². The number of aliphatic imine (C=N–C) groups is 1. The third kappa shape index (κ3) is 6.71. The minimum absolute atomic E-state index is 0.396. The smallest absolute Gasteiger partial charge is 0.0960 e. The summed E-state index contributed by atoms with van der Waals surface area (Å²) in [4.78, 5) is 7.10. The summed E-state index contributed by atoms with van der Waals surface area (Å²) in [6.07, 6.45) is 1.20. The van der Waals surface area contributed by atoms with Crippen LogP contribution in [0.2, 0.25) is 19.6 Å². The highest BCUT2D eigenvalue weighted by Gasteiger charge is 2.21. The highest BCUT2D eigenvalue weighted by atomic mass is 28.3. The van der Waals surface area contributed by atoms with Crippen molar-refractivity contribution in [2.45, 2.75) is 66.3 Å². The quantitative estimate of drug-likeness (QED) is 0.409. The van der Waals surface area contributed by atoms with E-state index in [0.717, 1.165) is 0 Å². The molecule has 0 aromatic carbocycles. The molecule has 0 aromatic rings. The first-order valence-corrected chi connectivity index (χ1v) is 9.65.